The molecule has 24 heavy (non-hydrogen) atoms. The van der Waals surface area contributed by atoms with Gasteiger partial charge in [0, 0.05) is 36.6 Å². The Bertz CT molecular complexity index is 548. The lowest BCUT2D eigenvalue weighted by Crippen LogP contribution is -2.47. The van der Waals surface area contributed by atoms with Crippen LogP contribution in [0.2, 0.25) is 4.34 Å². The monoisotopic (exact) mass is 372 g/mol. The standard InChI is InChI=1S/C17H29ClN4OS/c1-5-19-17(20-8-14(23)15-6-7-16(18)24-15)21-13-10-22(11(2)3)9-12(13)4/h6-7,11-14,23H,5,8-10H2,1-4H3,(H2,19,20,21). The van der Waals surface area contributed by atoms with Crippen LogP contribution in [0.25, 0.3) is 0 Å². The summed E-state index contributed by atoms with van der Waals surface area (Å²) in [5.74, 6) is 1.33. The Morgan fingerprint density at radius 1 is 1.46 bits per heavy atom. The summed E-state index contributed by atoms with van der Waals surface area (Å²) in [6, 6.07) is 4.59. The summed E-state index contributed by atoms with van der Waals surface area (Å²) in [6.45, 7) is 12.0. The fourth-order valence-electron chi connectivity index (χ4n) is 2.88. The highest BCUT2D eigenvalue weighted by Crippen LogP contribution is 2.27. The second-order valence-electron chi connectivity index (χ2n) is 6.65. The first-order valence-electron chi connectivity index (χ1n) is 8.62. The SMILES string of the molecule is CCNC(=NCC(O)c1ccc(Cl)s1)NC1CN(C(C)C)CC1C. The molecule has 0 saturated carbocycles. The topological polar surface area (TPSA) is 59.9 Å². The van der Waals surface area contributed by atoms with Crippen LogP contribution in [0.1, 0.15) is 38.7 Å². The number of hydrogen-bond acceptors (Lipinski definition) is 4. The minimum atomic E-state index is -0.619. The lowest BCUT2D eigenvalue weighted by Gasteiger charge is -2.22. The quantitative estimate of drug-likeness (QED) is 0.530. The van der Waals surface area contributed by atoms with E-state index in [-0.39, 0.29) is 0 Å². The summed E-state index contributed by atoms with van der Waals surface area (Å²) in [7, 11) is 0. The van der Waals surface area contributed by atoms with E-state index in [2.05, 4.69) is 41.3 Å². The predicted molar refractivity (Wildman–Crippen MR) is 103 cm³/mol. The summed E-state index contributed by atoms with van der Waals surface area (Å²) in [6.07, 6.45) is -0.619. The summed E-state index contributed by atoms with van der Waals surface area (Å²) in [5, 5.41) is 17.1. The zero-order chi connectivity index (χ0) is 17.7. The van der Waals surface area contributed by atoms with Gasteiger partial charge in [-0.05, 0) is 38.8 Å². The summed E-state index contributed by atoms with van der Waals surface area (Å²) in [4.78, 5) is 7.88. The van der Waals surface area contributed by atoms with Crippen LogP contribution < -0.4 is 10.6 Å². The molecule has 0 spiro atoms. The van der Waals surface area contributed by atoms with E-state index in [4.69, 9.17) is 11.6 Å². The molecule has 3 unspecified atom stereocenters. The third kappa shape index (κ3) is 5.34. The number of halogens is 1. The molecular weight excluding hydrogens is 344 g/mol. The summed E-state index contributed by atoms with van der Waals surface area (Å²) >= 11 is 7.32. The first-order chi connectivity index (χ1) is 11.4. The van der Waals surface area contributed by atoms with E-state index in [1.165, 1.54) is 11.3 Å². The maximum absolute atomic E-state index is 10.3. The van der Waals surface area contributed by atoms with Crippen molar-refractivity contribution in [1.29, 1.82) is 0 Å². The van der Waals surface area contributed by atoms with Crippen LogP contribution in [0.5, 0.6) is 0 Å². The Labute approximate surface area is 154 Å². The van der Waals surface area contributed by atoms with Gasteiger partial charge in [0.25, 0.3) is 0 Å². The highest BCUT2D eigenvalue weighted by atomic mass is 35.5. The molecule has 0 bridgehead atoms. The molecule has 136 valence electrons. The van der Waals surface area contributed by atoms with Gasteiger partial charge in [0.1, 0.15) is 6.10 Å². The molecular formula is C17H29ClN4OS. The molecule has 0 amide bonds. The van der Waals surface area contributed by atoms with Gasteiger partial charge < -0.3 is 15.7 Å². The average Bonchev–Trinajstić information content (AvgIpc) is 3.11. The molecule has 3 N–H and O–H groups in total. The van der Waals surface area contributed by atoms with E-state index in [1.807, 2.05) is 13.0 Å². The normalized spacial score (nSPS) is 23.7. The van der Waals surface area contributed by atoms with E-state index in [0.717, 1.165) is 30.5 Å². The first kappa shape index (κ1) is 19.5. The van der Waals surface area contributed by atoms with Crippen molar-refractivity contribution in [3.8, 4) is 0 Å². The second kappa shape index (κ2) is 9.04. The Balaban J connectivity index is 1.95. The van der Waals surface area contributed by atoms with E-state index < -0.39 is 6.10 Å². The lowest BCUT2D eigenvalue weighted by atomic mass is 10.1. The number of guanidine groups is 1. The molecule has 7 heteroatoms. The van der Waals surface area contributed by atoms with Gasteiger partial charge in [0.15, 0.2) is 5.96 Å². The Hall–Kier alpha value is -0.820. The van der Waals surface area contributed by atoms with Gasteiger partial charge in [-0.1, -0.05) is 18.5 Å². The van der Waals surface area contributed by atoms with Gasteiger partial charge in [0.2, 0.25) is 0 Å². The maximum Gasteiger partial charge on any atom is 0.191 e. The largest absolute Gasteiger partial charge is 0.386 e. The third-order valence-electron chi connectivity index (χ3n) is 4.38. The molecule has 0 aliphatic carbocycles. The van der Waals surface area contributed by atoms with Crippen molar-refractivity contribution >= 4 is 28.9 Å². The number of aliphatic hydroxyl groups excluding tert-OH is 1. The van der Waals surface area contributed by atoms with Gasteiger partial charge in [0.05, 0.1) is 10.9 Å². The van der Waals surface area contributed by atoms with Crippen molar-refractivity contribution in [2.45, 2.75) is 45.9 Å². The van der Waals surface area contributed by atoms with Crippen molar-refractivity contribution in [2.24, 2.45) is 10.9 Å². The molecule has 1 fully saturated rings. The highest BCUT2D eigenvalue weighted by molar-refractivity contribution is 7.16. The van der Waals surface area contributed by atoms with E-state index in [9.17, 15) is 5.11 Å². The number of rotatable bonds is 6. The lowest BCUT2D eigenvalue weighted by molar-refractivity contribution is 0.191. The molecule has 5 nitrogen and oxygen atoms in total. The van der Waals surface area contributed by atoms with Gasteiger partial charge in [-0.25, -0.2) is 0 Å². The third-order valence-corrected chi connectivity index (χ3v) is 5.71. The molecule has 1 saturated heterocycles. The van der Waals surface area contributed by atoms with Crippen molar-refractivity contribution in [2.75, 3.05) is 26.2 Å². The van der Waals surface area contributed by atoms with Crippen LogP contribution in [0.3, 0.4) is 0 Å². The second-order valence-corrected chi connectivity index (χ2v) is 8.40. The van der Waals surface area contributed by atoms with Crippen molar-refractivity contribution in [3.05, 3.63) is 21.3 Å². The van der Waals surface area contributed by atoms with Crippen molar-refractivity contribution in [3.63, 3.8) is 0 Å². The predicted octanol–water partition coefficient (Wildman–Crippen LogP) is 2.72. The highest BCUT2D eigenvalue weighted by Gasteiger charge is 2.31. The number of nitrogens with one attached hydrogen (secondary N) is 2. The zero-order valence-electron chi connectivity index (χ0n) is 14.9. The molecule has 2 heterocycles. The molecule has 3 atom stereocenters. The summed E-state index contributed by atoms with van der Waals surface area (Å²) in [5.41, 5.74) is 0. The minimum Gasteiger partial charge on any atom is -0.386 e. The fraction of sp³-hybridized carbons (Fsp3) is 0.706. The Kier molecular flexibility index (Phi) is 7.34. The number of hydrogen-bond donors (Lipinski definition) is 3. The molecule has 1 aliphatic rings. The maximum atomic E-state index is 10.3. The van der Waals surface area contributed by atoms with Gasteiger partial charge in [-0.15, -0.1) is 11.3 Å². The van der Waals surface area contributed by atoms with E-state index >= 15 is 0 Å². The first-order valence-corrected chi connectivity index (χ1v) is 9.82. The van der Waals surface area contributed by atoms with E-state index in [0.29, 0.717) is 28.9 Å². The molecule has 0 aromatic carbocycles. The van der Waals surface area contributed by atoms with Crippen LogP contribution in [0.15, 0.2) is 17.1 Å². The molecule has 0 radical (unpaired) electrons. The van der Waals surface area contributed by atoms with Crippen molar-refractivity contribution in [1.82, 2.24) is 15.5 Å². The minimum absolute atomic E-state index is 0.321. The number of aliphatic imine (C=N–C) groups is 1. The number of likely N-dealkylation sites (tertiary alicyclic amines) is 1. The van der Waals surface area contributed by atoms with E-state index in [1.54, 1.807) is 6.07 Å². The average molecular weight is 373 g/mol. The van der Waals surface area contributed by atoms with Crippen molar-refractivity contribution < 1.29 is 5.11 Å². The van der Waals surface area contributed by atoms with Crippen LogP contribution in [0, 0.1) is 5.92 Å². The Morgan fingerprint density at radius 2 is 2.21 bits per heavy atom. The smallest absolute Gasteiger partial charge is 0.191 e. The van der Waals surface area contributed by atoms with Gasteiger partial charge >= 0.3 is 0 Å². The van der Waals surface area contributed by atoms with Gasteiger partial charge in [-0.3, -0.25) is 9.89 Å². The molecule has 1 aliphatic heterocycles. The molecule has 1 aromatic rings. The van der Waals surface area contributed by atoms with Crippen LogP contribution in [-0.2, 0) is 0 Å². The number of aliphatic hydroxyl groups is 1. The summed E-state index contributed by atoms with van der Waals surface area (Å²) < 4.78 is 0.687. The zero-order valence-corrected chi connectivity index (χ0v) is 16.5. The number of thiophene rings is 1. The van der Waals surface area contributed by atoms with Crippen LogP contribution in [0.4, 0.5) is 0 Å². The fourth-order valence-corrected chi connectivity index (χ4v) is 3.92. The number of nitrogens with zero attached hydrogens (tertiary/aromatic N) is 2. The van der Waals surface area contributed by atoms with Crippen LogP contribution in [-0.4, -0.2) is 54.2 Å². The van der Waals surface area contributed by atoms with Gasteiger partial charge in [-0.2, -0.15) is 0 Å². The Morgan fingerprint density at radius 3 is 2.75 bits per heavy atom. The molecule has 2 rings (SSSR count). The molecule has 1 aromatic heterocycles. The van der Waals surface area contributed by atoms with Crippen LogP contribution >= 0.6 is 22.9 Å².